The van der Waals surface area contributed by atoms with E-state index in [-0.39, 0.29) is 0 Å². The quantitative estimate of drug-likeness (QED) is 0.689. The lowest BCUT2D eigenvalue weighted by Crippen LogP contribution is -2.08. The molecular weight excluding hydrogens is 209 g/mol. The maximum absolute atomic E-state index is 12.1. The summed E-state index contributed by atoms with van der Waals surface area (Å²) in [7, 11) is -2.04. The van der Waals surface area contributed by atoms with E-state index in [0.29, 0.717) is 0 Å². The van der Waals surface area contributed by atoms with Crippen molar-refractivity contribution in [1.29, 1.82) is 0 Å². The molecule has 1 aromatic rings. The number of nitrogens with zero attached hydrogens (tertiary/aromatic N) is 2. The van der Waals surface area contributed by atoms with Gasteiger partial charge in [0.2, 0.25) is 0 Å². The summed E-state index contributed by atoms with van der Waals surface area (Å²) in [5, 5.41) is 3.01. The minimum atomic E-state index is -4.73. The van der Waals surface area contributed by atoms with E-state index in [1.54, 1.807) is 0 Å². The fourth-order valence-electron chi connectivity index (χ4n) is 0.811. The molecule has 0 amide bonds. The third-order valence-electron chi connectivity index (χ3n) is 1.27. The summed E-state index contributed by atoms with van der Waals surface area (Å²) in [5.74, 6) is 0. The van der Waals surface area contributed by atoms with Gasteiger partial charge in [0.05, 0.1) is 0 Å². The van der Waals surface area contributed by atoms with E-state index in [1.807, 2.05) is 0 Å². The van der Waals surface area contributed by atoms with Gasteiger partial charge in [-0.05, 0) is 0 Å². The van der Waals surface area contributed by atoms with Gasteiger partial charge in [-0.15, -0.1) is 0 Å². The Hall–Kier alpha value is -1.05. The average molecular weight is 214 g/mol. The summed E-state index contributed by atoms with van der Waals surface area (Å²) in [6.45, 7) is 0. The van der Waals surface area contributed by atoms with Gasteiger partial charge in [-0.2, -0.15) is 18.3 Å². The SMILES string of the molecule is Cn1cc([SH](=O)=O)c(C(F)(F)F)n1. The molecule has 74 valence electrons. The molecule has 13 heavy (non-hydrogen) atoms. The Balaban J connectivity index is 3.36. The van der Waals surface area contributed by atoms with Crippen LogP contribution in [0.5, 0.6) is 0 Å². The van der Waals surface area contributed by atoms with Crippen LogP contribution in [0.15, 0.2) is 11.1 Å². The second-order valence-corrected chi connectivity index (χ2v) is 3.29. The van der Waals surface area contributed by atoms with Crippen LogP contribution in [-0.2, 0) is 23.9 Å². The molecule has 1 aromatic heterocycles. The Morgan fingerprint density at radius 3 is 2.31 bits per heavy atom. The molecule has 0 aliphatic carbocycles. The zero-order chi connectivity index (χ0) is 10.2. The fraction of sp³-hybridized carbons (Fsp3) is 0.400. The molecule has 0 spiro atoms. The van der Waals surface area contributed by atoms with Crippen molar-refractivity contribution in [2.24, 2.45) is 7.05 Å². The van der Waals surface area contributed by atoms with Crippen molar-refractivity contribution in [3.63, 3.8) is 0 Å². The molecule has 0 fully saturated rings. The summed E-state index contributed by atoms with van der Waals surface area (Å²) >= 11 is 0. The van der Waals surface area contributed by atoms with Gasteiger partial charge in [0, 0.05) is 13.2 Å². The predicted molar refractivity (Wildman–Crippen MR) is 36.8 cm³/mol. The largest absolute Gasteiger partial charge is 0.436 e. The van der Waals surface area contributed by atoms with Crippen molar-refractivity contribution in [3.05, 3.63) is 11.9 Å². The van der Waals surface area contributed by atoms with Crippen molar-refractivity contribution in [3.8, 4) is 0 Å². The van der Waals surface area contributed by atoms with Crippen molar-refractivity contribution in [2.45, 2.75) is 11.1 Å². The van der Waals surface area contributed by atoms with Crippen LogP contribution in [0.3, 0.4) is 0 Å². The summed E-state index contributed by atoms with van der Waals surface area (Å²) in [5.41, 5.74) is -1.37. The van der Waals surface area contributed by atoms with E-state index in [9.17, 15) is 21.6 Å². The van der Waals surface area contributed by atoms with E-state index in [1.165, 1.54) is 7.05 Å². The Labute approximate surface area is 72.9 Å². The molecule has 1 heterocycles. The zero-order valence-electron chi connectivity index (χ0n) is 6.37. The van der Waals surface area contributed by atoms with Gasteiger partial charge in [0.1, 0.15) is 4.90 Å². The molecule has 0 aliphatic heterocycles. The van der Waals surface area contributed by atoms with Crippen LogP contribution >= 0.6 is 0 Å². The van der Waals surface area contributed by atoms with Gasteiger partial charge in [-0.25, -0.2) is 8.42 Å². The van der Waals surface area contributed by atoms with Gasteiger partial charge < -0.3 is 0 Å². The van der Waals surface area contributed by atoms with Gasteiger partial charge in [-0.1, -0.05) is 0 Å². The lowest BCUT2D eigenvalue weighted by molar-refractivity contribution is -0.143. The highest BCUT2D eigenvalue weighted by Crippen LogP contribution is 2.30. The van der Waals surface area contributed by atoms with E-state index < -0.39 is 27.5 Å². The van der Waals surface area contributed by atoms with Crippen LogP contribution in [0.25, 0.3) is 0 Å². The summed E-state index contributed by atoms with van der Waals surface area (Å²) in [4.78, 5) is -0.801. The highest BCUT2D eigenvalue weighted by atomic mass is 32.2. The lowest BCUT2D eigenvalue weighted by atomic mass is 10.4. The predicted octanol–water partition coefficient (Wildman–Crippen LogP) is 0.409. The number of hydrogen-bond acceptors (Lipinski definition) is 3. The molecular formula is C5H5F3N2O2S. The molecule has 0 N–H and O–H groups in total. The van der Waals surface area contributed by atoms with Crippen LogP contribution in [-0.4, -0.2) is 18.2 Å². The Morgan fingerprint density at radius 2 is 2.00 bits per heavy atom. The Bertz CT molecular complexity index is 385. The maximum Gasteiger partial charge on any atom is 0.436 e. The monoisotopic (exact) mass is 214 g/mol. The number of hydrogen-bond donors (Lipinski definition) is 1. The van der Waals surface area contributed by atoms with Crippen molar-refractivity contribution < 1.29 is 21.6 Å². The lowest BCUT2D eigenvalue weighted by Gasteiger charge is -2.01. The van der Waals surface area contributed by atoms with E-state index in [0.717, 1.165) is 10.9 Å². The molecule has 0 radical (unpaired) electrons. The van der Waals surface area contributed by atoms with Gasteiger partial charge in [0.25, 0.3) is 0 Å². The fourth-order valence-corrected chi connectivity index (χ4v) is 1.42. The van der Waals surface area contributed by atoms with Crippen molar-refractivity contribution >= 4 is 10.7 Å². The number of aromatic nitrogens is 2. The molecule has 0 saturated carbocycles. The van der Waals surface area contributed by atoms with Crippen LogP contribution in [0.4, 0.5) is 13.2 Å². The number of halogens is 3. The Kier molecular flexibility index (Phi) is 2.33. The van der Waals surface area contributed by atoms with Crippen LogP contribution in [0.1, 0.15) is 5.69 Å². The first-order valence-corrected chi connectivity index (χ1v) is 4.25. The molecule has 0 aliphatic rings. The molecule has 0 saturated heterocycles. The molecule has 8 heteroatoms. The van der Waals surface area contributed by atoms with Crippen LogP contribution < -0.4 is 0 Å². The molecule has 0 aromatic carbocycles. The Morgan fingerprint density at radius 1 is 1.46 bits per heavy atom. The summed E-state index contributed by atoms with van der Waals surface area (Å²) in [6, 6.07) is 0. The van der Waals surface area contributed by atoms with Crippen molar-refractivity contribution in [2.75, 3.05) is 0 Å². The van der Waals surface area contributed by atoms with Crippen molar-refractivity contribution in [1.82, 2.24) is 9.78 Å². The number of thiol groups is 1. The highest BCUT2D eigenvalue weighted by Gasteiger charge is 2.37. The normalized spacial score (nSPS) is 12.4. The second-order valence-electron chi connectivity index (χ2n) is 2.29. The zero-order valence-corrected chi connectivity index (χ0v) is 7.26. The second kappa shape index (κ2) is 3.02. The smallest absolute Gasteiger partial charge is 0.274 e. The number of rotatable bonds is 1. The summed E-state index contributed by atoms with van der Waals surface area (Å²) in [6.07, 6.45) is -3.92. The third-order valence-corrected chi connectivity index (χ3v) is 2.00. The summed E-state index contributed by atoms with van der Waals surface area (Å²) < 4.78 is 57.8. The highest BCUT2D eigenvalue weighted by molar-refractivity contribution is 7.72. The van der Waals surface area contributed by atoms with Gasteiger partial charge >= 0.3 is 6.18 Å². The standard InChI is InChI=1S/C5H5F3N2O2S/c1-10-2-3(13(11)12)4(9-10)5(6,7)8/h2,13H,1H3. The minimum Gasteiger partial charge on any atom is -0.274 e. The molecule has 0 bridgehead atoms. The molecule has 1 rings (SSSR count). The van der Waals surface area contributed by atoms with Crippen LogP contribution in [0, 0.1) is 0 Å². The maximum atomic E-state index is 12.1. The van der Waals surface area contributed by atoms with Crippen LogP contribution in [0.2, 0.25) is 0 Å². The average Bonchev–Trinajstić information content (AvgIpc) is 2.29. The van der Waals surface area contributed by atoms with Gasteiger partial charge in [-0.3, -0.25) is 4.68 Å². The third kappa shape index (κ3) is 2.00. The van der Waals surface area contributed by atoms with E-state index in [4.69, 9.17) is 0 Å². The first-order chi connectivity index (χ1) is 5.82. The molecule has 0 unspecified atom stereocenters. The van der Waals surface area contributed by atoms with Gasteiger partial charge in [0.15, 0.2) is 16.4 Å². The molecule has 4 nitrogen and oxygen atoms in total. The topological polar surface area (TPSA) is 52.0 Å². The first-order valence-electron chi connectivity index (χ1n) is 3.07. The minimum absolute atomic E-state index is 0.801. The van der Waals surface area contributed by atoms with E-state index >= 15 is 0 Å². The number of aryl methyl sites for hydroxylation is 1. The molecule has 0 atom stereocenters. The van der Waals surface area contributed by atoms with E-state index in [2.05, 4.69) is 5.10 Å². The number of alkyl halides is 3. The first kappa shape index (κ1) is 10.0.